The van der Waals surface area contributed by atoms with Crippen molar-refractivity contribution in [1.29, 1.82) is 0 Å². The van der Waals surface area contributed by atoms with Crippen molar-refractivity contribution in [3.63, 3.8) is 0 Å². The topological polar surface area (TPSA) is 87.7 Å². The van der Waals surface area contributed by atoms with Crippen LogP contribution in [0.3, 0.4) is 0 Å². The van der Waals surface area contributed by atoms with Crippen LogP contribution in [-0.4, -0.2) is 16.0 Å². The van der Waals surface area contributed by atoms with Crippen molar-refractivity contribution < 1.29 is 19.4 Å². The maximum atomic E-state index is 12.3. The van der Waals surface area contributed by atoms with Crippen molar-refractivity contribution in [2.75, 3.05) is 0 Å². The average Bonchev–Trinajstić information content (AvgIpc) is 2.51. The van der Waals surface area contributed by atoms with Gasteiger partial charge in [-0.05, 0) is 25.5 Å². The van der Waals surface area contributed by atoms with Crippen LogP contribution in [0.5, 0.6) is 11.5 Å². The predicted octanol–water partition coefficient (Wildman–Crippen LogP) is 3.65. The summed E-state index contributed by atoms with van der Waals surface area (Å²) in [5, 5.41) is 21.2. The van der Waals surface area contributed by atoms with E-state index >= 15 is 0 Å². The Hall–Kier alpha value is -2.82. The third kappa shape index (κ3) is 2.25. The molecule has 2 N–H and O–H groups in total. The molecule has 0 bridgehead atoms. The van der Waals surface area contributed by atoms with Gasteiger partial charge in [0.25, 0.3) is 0 Å². The number of phenolic OH excluding ortho intramolecular Hbond substituents is 2. The molecule has 1 heterocycles. The fourth-order valence-corrected chi connectivity index (χ4v) is 2.83. The fraction of sp³-hybridized carbons (Fsp3) is 0.222. The molecule has 0 unspecified atom stereocenters. The molecule has 0 aliphatic heterocycles. The zero-order valence-corrected chi connectivity index (χ0v) is 12.8. The fourth-order valence-electron chi connectivity index (χ4n) is 2.83. The van der Waals surface area contributed by atoms with Crippen LogP contribution in [0.25, 0.3) is 21.7 Å². The highest BCUT2D eigenvalue weighted by atomic mass is 16.4. The Kier molecular flexibility index (Phi) is 3.56. The molecule has 118 valence electrons. The highest BCUT2D eigenvalue weighted by Crippen LogP contribution is 2.36. The third-order valence-electron chi connectivity index (χ3n) is 4.01. The molecular formula is C18H16O5. The minimum Gasteiger partial charge on any atom is -0.507 e. The highest BCUT2D eigenvalue weighted by molar-refractivity contribution is 6.12. The van der Waals surface area contributed by atoms with E-state index in [2.05, 4.69) is 0 Å². The number of rotatable bonds is 3. The zero-order chi connectivity index (χ0) is 16.7. The van der Waals surface area contributed by atoms with Crippen LogP contribution in [0.4, 0.5) is 0 Å². The van der Waals surface area contributed by atoms with Gasteiger partial charge >= 0.3 is 5.63 Å². The van der Waals surface area contributed by atoms with Crippen LogP contribution in [0.2, 0.25) is 0 Å². The van der Waals surface area contributed by atoms with Crippen LogP contribution in [0.1, 0.15) is 35.7 Å². The SMILES string of the molecule is CCCC(=O)c1cc2c(c(O)c1C)c(=O)oc1c(O)cccc12. The van der Waals surface area contributed by atoms with Gasteiger partial charge in [-0.1, -0.05) is 19.1 Å². The molecule has 0 saturated carbocycles. The van der Waals surface area contributed by atoms with Gasteiger partial charge in [-0.15, -0.1) is 0 Å². The van der Waals surface area contributed by atoms with Crippen molar-refractivity contribution >= 4 is 27.5 Å². The number of hydrogen-bond donors (Lipinski definition) is 2. The number of Topliss-reactive ketones (excluding diaryl/α,β-unsaturated/α-hetero) is 1. The molecule has 3 rings (SSSR count). The molecule has 5 nitrogen and oxygen atoms in total. The lowest BCUT2D eigenvalue weighted by Crippen LogP contribution is -2.06. The van der Waals surface area contributed by atoms with E-state index in [9.17, 15) is 19.8 Å². The summed E-state index contributed by atoms with van der Waals surface area (Å²) in [7, 11) is 0. The summed E-state index contributed by atoms with van der Waals surface area (Å²) in [6.07, 6.45) is 1.05. The Balaban J connectivity index is 2.51. The van der Waals surface area contributed by atoms with E-state index in [1.165, 1.54) is 6.07 Å². The monoisotopic (exact) mass is 312 g/mol. The van der Waals surface area contributed by atoms with Gasteiger partial charge in [0.15, 0.2) is 17.1 Å². The standard InChI is InChI=1S/C18H16O5/c1-3-5-13(19)11-8-12-10-6-4-7-14(20)17(10)23-18(22)15(12)16(21)9(11)2/h4,6-8,20-21H,3,5H2,1-2H3. The summed E-state index contributed by atoms with van der Waals surface area (Å²) in [6, 6.07) is 6.29. The summed E-state index contributed by atoms with van der Waals surface area (Å²) in [6.45, 7) is 3.50. The first-order valence-electron chi connectivity index (χ1n) is 7.40. The second kappa shape index (κ2) is 5.43. The molecule has 0 radical (unpaired) electrons. The van der Waals surface area contributed by atoms with Crippen LogP contribution in [0.15, 0.2) is 33.5 Å². The number of carbonyl (C=O) groups excluding carboxylic acids is 1. The summed E-state index contributed by atoms with van der Waals surface area (Å²) < 4.78 is 5.14. The van der Waals surface area contributed by atoms with E-state index in [0.717, 1.165) is 0 Å². The van der Waals surface area contributed by atoms with Crippen molar-refractivity contribution in [3.8, 4) is 11.5 Å². The van der Waals surface area contributed by atoms with Crippen molar-refractivity contribution in [3.05, 3.63) is 45.8 Å². The average molecular weight is 312 g/mol. The van der Waals surface area contributed by atoms with Gasteiger partial charge in [0.05, 0.1) is 0 Å². The number of hydrogen-bond acceptors (Lipinski definition) is 5. The van der Waals surface area contributed by atoms with Gasteiger partial charge < -0.3 is 14.6 Å². The predicted molar refractivity (Wildman–Crippen MR) is 87.3 cm³/mol. The van der Waals surface area contributed by atoms with E-state index < -0.39 is 5.63 Å². The molecule has 5 heteroatoms. The van der Waals surface area contributed by atoms with E-state index in [1.807, 2.05) is 6.92 Å². The first-order chi connectivity index (χ1) is 11.0. The number of para-hydroxylation sites is 1. The lowest BCUT2D eigenvalue weighted by molar-refractivity contribution is 0.0981. The molecule has 0 saturated heterocycles. The molecule has 2 aromatic carbocycles. The number of benzene rings is 2. The summed E-state index contributed by atoms with van der Waals surface area (Å²) in [4.78, 5) is 24.5. The number of phenols is 2. The summed E-state index contributed by atoms with van der Waals surface area (Å²) in [5.41, 5.74) is 0.0427. The van der Waals surface area contributed by atoms with Gasteiger partial charge in [-0.3, -0.25) is 4.79 Å². The first kappa shape index (κ1) is 15.1. The van der Waals surface area contributed by atoms with Crippen LogP contribution < -0.4 is 5.63 Å². The van der Waals surface area contributed by atoms with Crippen molar-refractivity contribution in [2.24, 2.45) is 0 Å². The largest absolute Gasteiger partial charge is 0.507 e. The molecular weight excluding hydrogens is 296 g/mol. The van der Waals surface area contributed by atoms with Crippen LogP contribution in [0, 0.1) is 6.92 Å². The molecule has 0 aliphatic carbocycles. The molecule has 0 atom stereocenters. The smallest absolute Gasteiger partial charge is 0.348 e. The third-order valence-corrected chi connectivity index (χ3v) is 4.01. The lowest BCUT2D eigenvalue weighted by Gasteiger charge is -2.11. The lowest BCUT2D eigenvalue weighted by atomic mass is 9.95. The molecule has 3 aromatic rings. The second-order valence-corrected chi connectivity index (χ2v) is 5.54. The van der Waals surface area contributed by atoms with E-state index in [-0.39, 0.29) is 28.3 Å². The molecule has 0 spiro atoms. The quantitative estimate of drug-likeness (QED) is 0.438. The molecule has 23 heavy (non-hydrogen) atoms. The molecule has 1 aromatic heterocycles. The Bertz CT molecular complexity index is 998. The Labute approximate surface area is 131 Å². The van der Waals surface area contributed by atoms with Crippen molar-refractivity contribution in [1.82, 2.24) is 0 Å². The van der Waals surface area contributed by atoms with Gasteiger partial charge in [-0.2, -0.15) is 0 Å². The zero-order valence-electron chi connectivity index (χ0n) is 12.8. The molecule has 0 fully saturated rings. The highest BCUT2D eigenvalue weighted by Gasteiger charge is 2.20. The maximum absolute atomic E-state index is 12.3. The van der Waals surface area contributed by atoms with Crippen LogP contribution in [-0.2, 0) is 0 Å². The van der Waals surface area contributed by atoms with Gasteiger partial charge in [0.2, 0.25) is 0 Å². The first-order valence-corrected chi connectivity index (χ1v) is 7.40. The minimum absolute atomic E-state index is 0.0219. The Morgan fingerprint density at radius 1 is 1.22 bits per heavy atom. The Morgan fingerprint density at radius 3 is 2.65 bits per heavy atom. The van der Waals surface area contributed by atoms with E-state index in [4.69, 9.17) is 4.42 Å². The maximum Gasteiger partial charge on any atom is 0.348 e. The summed E-state index contributed by atoms with van der Waals surface area (Å²) in [5.74, 6) is -0.507. The number of aromatic hydroxyl groups is 2. The summed E-state index contributed by atoms with van der Waals surface area (Å²) >= 11 is 0. The van der Waals surface area contributed by atoms with E-state index in [0.29, 0.717) is 34.7 Å². The van der Waals surface area contributed by atoms with Crippen molar-refractivity contribution in [2.45, 2.75) is 26.7 Å². The number of carbonyl (C=O) groups is 1. The van der Waals surface area contributed by atoms with Crippen LogP contribution >= 0.6 is 0 Å². The molecule has 0 amide bonds. The minimum atomic E-state index is -0.746. The number of fused-ring (bicyclic) bond motifs is 3. The van der Waals surface area contributed by atoms with Gasteiger partial charge in [0.1, 0.15) is 11.1 Å². The van der Waals surface area contributed by atoms with E-state index in [1.54, 1.807) is 25.1 Å². The van der Waals surface area contributed by atoms with Gasteiger partial charge in [0, 0.05) is 28.3 Å². The second-order valence-electron chi connectivity index (χ2n) is 5.54. The normalized spacial score (nSPS) is 11.2. The molecule has 0 aliphatic rings. The van der Waals surface area contributed by atoms with Gasteiger partial charge in [-0.25, -0.2) is 4.79 Å². The number of ketones is 1. The Morgan fingerprint density at radius 2 is 1.96 bits per heavy atom.